The Bertz CT molecular complexity index is 1330. The van der Waals surface area contributed by atoms with Crippen LogP contribution in [0.15, 0.2) is 47.6 Å². The van der Waals surface area contributed by atoms with Gasteiger partial charge in [0.05, 0.1) is 11.6 Å². The average Bonchev–Trinajstić information content (AvgIpc) is 2.93. The maximum atomic E-state index is 13.9. The number of nitrogens with one attached hydrogen (secondary N) is 3. The van der Waals surface area contributed by atoms with E-state index in [1.165, 1.54) is 29.3 Å². The molecule has 0 aliphatic rings. The molecule has 13 nitrogen and oxygen atoms in total. The lowest BCUT2D eigenvalue weighted by molar-refractivity contribution is -0.163. The highest BCUT2D eigenvalue weighted by Gasteiger charge is 2.33. The van der Waals surface area contributed by atoms with Gasteiger partial charge in [-0.25, -0.2) is 17.9 Å². The van der Waals surface area contributed by atoms with Crippen molar-refractivity contribution in [2.75, 3.05) is 26.3 Å². The first kappa shape index (κ1) is 36.2. The highest BCUT2D eigenvalue weighted by molar-refractivity contribution is 7.89. The molecule has 0 bridgehead atoms. The van der Waals surface area contributed by atoms with E-state index in [0.29, 0.717) is 18.8 Å². The number of carbonyl (C=O) groups excluding carboxylic acids is 2. The van der Waals surface area contributed by atoms with Crippen molar-refractivity contribution in [2.45, 2.75) is 63.4 Å². The lowest BCUT2D eigenvalue weighted by atomic mass is 10.0. The lowest BCUT2D eigenvalue weighted by Crippen LogP contribution is -2.59. The van der Waals surface area contributed by atoms with Crippen LogP contribution < -0.4 is 15.4 Å². The fourth-order valence-corrected chi connectivity index (χ4v) is 5.81. The molecule has 238 valence electrons. The van der Waals surface area contributed by atoms with Gasteiger partial charge in [0.1, 0.15) is 17.0 Å². The maximum Gasteiger partial charge on any atom is 0.405 e. The van der Waals surface area contributed by atoms with Gasteiger partial charge in [0.15, 0.2) is 6.29 Å². The van der Waals surface area contributed by atoms with Gasteiger partial charge in [0, 0.05) is 49.6 Å². The van der Waals surface area contributed by atoms with E-state index in [1.807, 2.05) is 5.32 Å². The molecular weight excluding hydrogens is 625 g/mol. The van der Waals surface area contributed by atoms with E-state index >= 15 is 0 Å². The van der Waals surface area contributed by atoms with Crippen molar-refractivity contribution in [3.05, 3.63) is 58.3 Å². The molecule has 1 heterocycles. The second-order valence-corrected chi connectivity index (χ2v) is 12.1. The Morgan fingerprint density at radius 3 is 2.26 bits per heavy atom. The number of halogens is 2. The normalized spacial score (nSPS) is 13.0. The number of rotatable bonds is 17. The molecule has 0 saturated heterocycles. The van der Waals surface area contributed by atoms with Crippen LogP contribution in [0.25, 0.3) is 0 Å². The van der Waals surface area contributed by atoms with Crippen LogP contribution in [0, 0.1) is 0 Å². The molecule has 43 heavy (non-hydrogen) atoms. The summed E-state index contributed by atoms with van der Waals surface area (Å²) >= 11 is 11.9. The number of benzene rings is 1. The van der Waals surface area contributed by atoms with Gasteiger partial charge < -0.3 is 30.1 Å². The van der Waals surface area contributed by atoms with E-state index in [0.717, 1.165) is 0 Å². The zero-order valence-corrected chi connectivity index (χ0v) is 26.6. The third kappa shape index (κ3) is 11.5. The number of carbonyl (C=O) groups is 3. The Morgan fingerprint density at radius 2 is 1.72 bits per heavy atom. The van der Waals surface area contributed by atoms with E-state index in [2.05, 4.69) is 15.0 Å². The standard InChI is InChI=1S/C27H37Cl2N5O8S/c1-5-41-24(42-6-2)16-34(17(3)4)26(36)21(12-18-8-7-11-30-14-18)32-25(35)22(33-27(37)38)15-31-43(39,40)23-10-9-19(28)13-20(23)29/h7-11,13-14,17,21-22,24,31,33H,5-6,12,15-16H2,1-4H3,(H,32,35)(H,37,38). The molecule has 0 aliphatic carbocycles. The molecule has 2 aromatic rings. The molecule has 0 fully saturated rings. The molecule has 1 aromatic heterocycles. The fraction of sp³-hybridized carbons (Fsp3) is 0.481. The Morgan fingerprint density at radius 1 is 1.05 bits per heavy atom. The zero-order valence-electron chi connectivity index (χ0n) is 24.2. The van der Waals surface area contributed by atoms with E-state index in [4.69, 9.17) is 32.7 Å². The van der Waals surface area contributed by atoms with E-state index in [9.17, 15) is 27.9 Å². The number of sulfonamides is 1. The highest BCUT2D eigenvalue weighted by atomic mass is 35.5. The van der Waals surface area contributed by atoms with E-state index < -0.39 is 52.8 Å². The van der Waals surface area contributed by atoms with Crippen LogP contribution in [-0.4, -0.2) is 92.0 Å². The summed E-state index contributed by atoms with van der Waals surface area (Å²) in [4.78, 5) is 44.1. The molecule has 0 spiro atoms. The lowest BCUT2D eigenvalue weighted by Gasteiger charge is -2.34. The minimum absolute atomic E-state index is 0.0153. The van der Waals surface area contributed by atoms with Gasteiger partial charge >= 0.3 is 6.09 Å². The summed E-state index contributed by atoms with van der Waals surface area (Å²) in [7, 11) is -4.28. The maximum absolute atomic E-state index is 13.9. The van der Waals surface area contributed by atoms with Crippen LogP contribution in [0.3, 0.4) is 0 Å². The topological polar surface area (TPSA) is 176 Å². The average molecular weight is 663 g/mol. The molecule has 0 radical (unpaired) electrons. The van der Waals surface area contributed by atoms with Crippen LogP contribution >= 0.6 is 23.2 Å². The Balaban J connectivity index is 2.34. The predicted molar refractivity (Wildman–Crippen MR) is 160 cm³/mol. The van der Waals surface area contributed by atoms with Gasteiger partial charge in [-0.05, 0) is 57.5 Å². The third-order valence-corrected chi connectivity index (χ3v) is 8.15. The molecule has 16 heteroatoms. The molecule has 3 amide bonds. The molecule has 2 rings (SSSR count). The Hall–Kier alpha value is -3.01. The number of hydrogen-bond acceptors (Lipinski definition) is 8. The van der Waals surface area contributed by atoms with Gasteiger partial charge in [-0.2, -0.15) is 0 Å². The molecule has 0 aliphatic heterocycles. The molecule has 0 saturated carbocycles. The molecule has 2 atom stereocenters. The second-order valence-electron chi connectivity index (χ2n) is 9.48. The van der Waals surface area contributed by atoms with Crippen molar-refractivity contribution in [1.82, 2.24) is 25.2 Å². The first-order valence-electron chi connectivity index (χ1n) is 13.5. The summed E-state index contributed by atoms with van der Waals surface area (Å²) in [6, 6.07) is 4.00. The fourth-order valence-electron chi connectivity index (χ4n) is 3.99. The third-order valence-electron chi connectivity index (χ3n) is 6.01. The van der Waals surface area contributed by atoms with Gasteiger partial charge in [0.2, 0.25) is 21.8 Å². The summed E-state index contributed by atoms with van der Waals surface area (Å²) in [6.45, 7) is 7.25. The van der Waals surface area contributed by atoms with E-state index in [1.54, 1.807) is 46.0 Å². The van der Waals surface area contributed by atoms with E-state index in [-0.39, 0.29) is 33.9 Å². The van der Waals surface area contributed by atoms with Crippen LogP contribution in [0.5, 0.6) is 0 Å². The van der Waals surface area contributed by atoms with Crippen molar-refractivity contribution >= 4 is 51.1 Å². The van der Waals surface area contributed by atoms with Crippen molar-refractivity contribution in [3.63, 3.8) is 0 Å². The number of nitrogens with zero attached hydrogens (tertiary/aromatic N) is 2. The first-order chi connectivity index (χ1) is 20.3. The van der Waals surface area contributed by atoms with Crippen LogP contribution in [0.1, 0.15) is 33.3 Å². The molecule has 1 aromatic carbocycles. The summed E-state index contributed by atoms with van der Waals surface area (Å²) in [5.41, 5.74) is 0.622. The second kappa shape index (κ2) is 17.3. The van der Waals surface area contributed by atoms with Crippen LogP contribution in [-0.2, 0) is 35.5 Å². The molecular formula is C27H37Cl2N5O8S. The SMILES string of the molecule is CCOC(CN(C(=O)C(Cc1cccnc1)NC(=O)C(CNS(=O)(=O)c1ccc(Cl)cc1Cl)NC(=O)O)C(C)C)OCC. The quantitative estimate of drug-likeness (QED) is 0.186. The summed E-state index contributed by atoms with van der Waals surface area (Å²) in [5, 5.41) is 14.0. The summed E-state index contributed by atoms with van der Waals surface area (Å²) in [6.07, 6.45) is 0.805. The monoisotopic (exact) mass is 661 g/mol. The Kier molecular flexibility index (Phi) is 14.6. The van der Waals surface area contributed by atoms with Gasteiger partial charge in [-0.15, -0.1) is 0 Å². The number of aromatic nitrogens is 1. The molecule has 2 unspecified atom stereocenters. The first-order valence-corrected chi connectivity index (χ1v) is 15.7. The van der Waals surface area contributed by atoms with Crippen LogP contribution in [0.4, 0.5) is 4.79 Å². The molecule has 4 N–H and O–H groups in total. The van der Waals surface area contributed by atoms with Crippen molar-refractivity contribution in [2.24, 2.45) is 0 Å². The summed E-state index contributed by atoms with van der Waals surface area (Å²) < 4.78 is 39.2. The number of pyridine rings is 1. The Labute approximate surface area is 261 Å². The van der Waals surface area contributed by atoms with Gasteiger partial charge in [-0.3, -0.25) is 14.6 Å². The smallest absolute Gasteiger partial charge is 0.405 e. The number of carboxylic acid groups (broad SMARTS) is 1. The minimum atomic E-state index is -4.28. The van der Waals surface area contributed by atoms with Crippen LogP contribution in [0.2, 0.25) is 10.0 Å². The predicted octanol–water partition coefficient (Wildman–Crippen LogP) is 2.67. The van der Waals surface area contributed by atoms with Crippen molar-refractivity contribution < 1.29 is 37.4 Å². The number of hydrogen-bond donors (Lipinski definition) is 4. The number of amides is 3. The largest absolute Gasteiger partial charge is 0.465 e. The number of ether oxygens (including phenoxy) is 2. The zero-order chi connectivity index (χ0) is 32.2. The minimum Gasteiger partial charge on any atom is -0.465 e. The summed E-state index contributed by atoms with van der Waals surface area (Å²) in [5.74, 6) is -1.43. The highest BCUT2D eigenvalue weighted by Crippen LogP contribution is 2.24. The van der Waals surface area contributed by atoms with Crippen molar-refractivity contribution in [1.29, 1.82) is 0 Å². The van der Waals surface area contributed by atoms with Gasteiger partial charge in [-0.1, -0.05) is 29.3 Å². The van der Waals surface area contributed by atoms with Crippen molar-refractivity contribution in [3.8, 4) is 0 Å². The van der Waals surface area contributed by atoms with Gasteiger partial charge in [0.25, 0.3) is 0 Å².